The van der Waals surface area contributed by atoms with E-state index in [0.717, 1.165) is 24.6 Å². The summed E-state index contributed by atoms with van der Waals surface area (Å²) < 4.78 is 33.0. The van der Waals surface area contributed by atoms with E-state index in [-0.39, 0.29) is 28.9 Å². The molecule has 3 atom stereocenters. The molecular weight excluding hydrogens is 364 g/mol. The van der Waals surface area contributed by atoms with Crippen LogP contribution in [-0.4, -0.2) is 73.3 Å². The average molecular weight is 389 g/mol. The van der Waals surface area contributed by atoms with E-state index in [1.54, 1.807) is 7.11 Å². The highest BCUT2D eigenvalue weighted by Crippen LogP contribution is 2.29. The number of hydrogen-bond acceptors (Lipinski definition) is 6. The second-order valence-corrected chi connectivity index (χ2v) is 9.32. The number of aromatic amines is 1. The zero-order valence-electron chi connectivity index (χ0n) is 14.2. The van der Waals surface area contributed by atoms with Gasteiger partial charge in [0.2, 0.25) is 15.9 Å². The number of nitrogens with zero attached hydrogens (tertiary/aromatic N) is 2. The summed E-state index contributed by atoms with van der Waals surface area (Å²) in [6.07, 6.45) is 4.08. The van der Waals surface area contributed by atoms with Gasteiger partial charge in [0, 0.05) is 49.9 Å². The van der Waals surface area contributed by atoms with Crippen LogP contribution in [0.2, 0.25) is 0 Å². The first-order valence-electron chi connectivity index (χ1n) is 8.41. The van der Waals surface area contributed by atoms with E-state index in [9.17, 15) is 13.2 Å². The van der Waals surface area contributed by atoms with Crippen molar-refractivity contribution in [3.63, 3.8) is 0 Å². The molecule has 0 unspecified atom stereocenters. The second kappa shape index (κ2) is 8.07. The Bertz CT molecular complexity index is 674. The standard InChI is InChI=1S/C15H24N4O4S2/c1-23-14-8-11(15(20)19-4-6-24-7-5-19)2-3-13(14)18-25(21,22)12-9-16-17-10-12/h9-11,13-14,18H,2-8H2,1H3,(H,16,17)/t11-,13-,14-/m0/s1. The Morgan fingerprint density at radius 3 is 2.80 bits per heavy atom. The van der Waals surface area contributed by atoms with Gasteiger partial charge in [-0.25, -0.2) is 13.1 Å². The molecule has 1 aliphatic carbocycles. The molecule has 1 amide bonds. The fourth-order valence-corrected chi connectivity index (χ4v) is 5.55. The summed E-state index contributed by atoms with van der Waals surface area (Å²) in [6.45, 7) is 1.60. The van der Waals surface area contributed by atoms with Crippen molar-refractivity contribution in [3.05, 3.63) is 12.4 Å². The molecular formula is C15H24N4O4S2. The van der Waals surface area contributed by atoms with E-state index < -0.39 is 10.0 Å². The third-order valence-electron chi connectivity index (χ3n) is 4.86. The van der Waals surface area contributed by atoms with Crippen LogP contribution in [0.5, 0.6) is 0 Å². The first-order chi connectivity index (χ1) is 12.0. The number of thioether (sulfide) groups is 1. The molecule has 2 heterocycles. The number of amides is 1. The average Bonchev–Trinajstić information content (AvgIpc) is 3.17. The molecule has 0 bridgehead atoms. The number of hydrogen-bond donors (Lipinski definition) is 2. The van der Waals surface area contributed by atoms with Gasteiger partial charge >= 0.3 is 0 Å². The van der Waals surface area contributed by atoms with Crippen LogP contribution in [0.25, 0.3) is 0 Å². The highest BCUT2D eigenvalue weighted by Gasteiger charge is 2.38. The van der Waals surface area contributed by atoms with Gasteiger partial charge < -0.3 is 9.64 Å². The summed E-state index contributed by atoms with van der Waals surface area (Å²) in [5.41, 5.74) is 0. The number of ether oxygens (including phenoxy) is 1. The van der Waals surface area contributed by atoms with Crippen LogP contribution in [-0.2, 0) is 19.6 Å². The largest absolute Gasteiger partial charge is 0.380 e. The van der Waals surface area contributed by atoms with E-state index in [0.29, 0.717) is 19.3 Å². The molecule has 0 aromatic carbocycles. The molecule has 0 radical (unpaired) electrons. The highest BCUT2D eigenvalue weighted by molar-refractivity contribution is 7.99. The Kier molecular flexibility index (Phi) is 6.03. The zero-order chi connectivity index (χ0) is 17.9. The number of rotatable bonds is 5. The van der Waals surface area contributed by atoms with Crippen LogP contribution < -0.4 is 4.72 Å². The maximum Gasteiger partial charge on any atom is 0.244 e. The van der Waals surface area contributed by atoms with Crippen LogP contribution in [0.1, 0.15) is 19.3 Å². The van der Waals surface area contributed by atoms with Crippen LogP contribution >= 0.6 is 11.8 Å². The lowest BCUT2D eigenvalue weighted by Gasteiger charge is -2.37. The summed E-state index contributed by atoms with van der Waals surface area (Å²) in [4.78, 5) is 14.7. The molecule has 2 aliphatic rings. The maximum absolute atomic E-state index is 12.7. The van der Waals surface area contributed by atoms with Crippen molar-refractivity contribution in [3.8, 4) is 0 Å². The number of nitrogens with one attached hydrogen (secondary N) is 2. The smallest absolute Gasteiger partial charge is 0.244 e. The Hall–Kier alpha value is -1.10. The molecule has 2 N–H and O–H groups in total. The SMILES string of the molecule is CO[C@H]1C[C@@H](C(=O)N2CCSCC2)CC[C@@H]1NS(=O)(=O)c1cn[nH]c1. The van der Waals surface area contributed by atoms with E-state index in [4.69, 9.17) is 4.74 Å². The Morgan fingerprint density at radius 1 is 1.40 bits per heavy atom. The van der Waals surface area contributed by atoms with Gasteiger partial charge in [-0.05, 0) is 19.3 Å². The molecule has 140 valence electrons. The lowest BCUT2D eigenvalue weighted by Crippen LogP contribution is -2.51. The maximum atomic E-state index is 12.7. The van der Waals surface area contributed by atoms with Gasteiger partial charge in [-0.1, -0.05) is 0 Å². The number of aromatic nitrogens is 2. The lowest BCUT2D eigenvalue weighted by molar-refractivity contribution is -0.138. The van der Waals surface area contributed by atoms with Gasteiger partial charge in [0.1, 0.15) is 4.90 Å². The molecule has 1 aromatic heterocycles. The van der Waals surface area contributed by atoms with Crippen molar-refractivity contribution in [1.82, 2.24) is 19.8 Å². The predicted molar refractivity (Wildman–Crippen MR) is 94.7 cm³/mol. The minimum atomic E-state index is -3.64. The van der Waals surface area contributed by atoms with Crippen molar-refractivity contribution >= 4 is 27.7 Å². The summed E-state index contributed by atoms with van der Waals surface area (Å²) in [5.74, 6) is 2.06. The minimum Gasteiger partial charge on any atom is -0.380 e. The first kappa shape index (κ1) is 18.7. The monoisotopic (exact) mass is 388 g/mol. The second-order valence-electron chi connectivity index (χ2n) is 6.38. The van der Waals surface area contributed by atoms with Crippen molar-refractivity contribution in [2.45, 2.75) is 36.3 Å². The third kappa shape index (κ3) is 4.36. The molecule has 1 saturated heterocycles. The minimum absolute atomic E-state index is 0.0947. The van der Waals surface area contributed by atoms with Gasteiger partial charge in [0.05, 0.1) is 12.3 Å². The van der Waals surface area contributed by atoms with E-state index in [1.165, 1.54) is 12.4 Å². The van der Waals surface area contributed by atoms with Crippen LogP contribution in [0.3, 0.4) is 0 Å². The van der Waals surface area contributed by atoms with Crippen molar-refractivity contribution in [2.24, 2.45) is 5.92 Å². The van der Waals surface area contributed by atoms with Crippen LogP contribution in [0.15, 0.2) is 17.3 Å². The zero-order valence-corrected chi connectivity index (χ0v) is 15.8. The molecule has 1 aliphatic heterocycles. The molecule has 25 heavy (non-hydrogen) atoms. The Morgan fingerprint density at radius 2 is 2.16 bits per heavy atom. The number of sulfonamides is 1. The van der Waals surface area contributed by atoms with Crippen molar-refractivity contribution in [2.75, 3.05) is 31.7 Å². The third-order valence-corrected chi connectivity index (χ3v) is 7.26. The number of carbonyl (C=O) groups excluding carboxylic acids is 1. The van der Waals surface area contributed by atoms with E-state index in [1.807, 2.05) is 16.7 Å². The van der Waals surface area contributed by atoms with E-state index >= 15 is 0 Å². The Balaban J connectivity index is 1.62. The fraction of sp³-hybridized carbons (Fsp3) is 0.733. The molecule has 10 heteroatoms. The highest BCUT2D eigenvalue weighted by atomic mass is 32.2. The van der Waals surface area contributed by atoms with Gasteiger partial charge in [-0.15, -0.1) is 0 Å². The quantitative estimate of drug-likeness (QED) is 0.759. The first-order valence-corrected chi connectivity index (χ1v) is 11.1. The lowest BCUT2D eigenvalue weighted by atomic mass is 9.83. The van der Waals surface area contributed by atoms with Gasteiger partial charge in [0.15, 0.2) is 0 Å². The number of H-pyrrole nitrogens is 1. The summed E-state index contributed by atoms with van der Waals surface area (Å²) in [6, 6.07) is -0.342. The number of methoxy groups -OCH3 is 1. The van der Waals surface area contributed by atoms with Gasteiger partial charge in [-0.3, -0.25) is 9.89 Å². The molecule has 1 saturated carbocycles. The molecule has 3 rings (SSSR count). The van der Waals surface area contributed by atoms with Crippen molar-refractivity contribution in [1.29, 1.82) is 0 Å². The predicted octanol–water partition coefficient (Wildman–Crippen LogP) is 0.447. The Labute approximate surface area is 152 Å². The number of carbonyl (C=O) groups is 1. The molecule has 2 fully saturated rings. The summed E-state index contributed by atoms with van der Waals surface area (Å²) in [5, 5.41) is 6.18. The molecule has 8 nitrogen and oxygen atoms in total. The summed E-state index contributed by atoms with van der Waals surface area (Å²) >= 11 is 1.87. The summed E-state index contributed by atoms with van der Waals surface area (Å²) in [7, 11) is -2.08. The van der Waals surface area contributed by atoms with Crippen LogP contribution in [0.4, 0.5) is 0 Å². The fourth-order valence-electron chi connectivity index (χ4n) is 3.44. The van der Waals surface area contributed by atoms with Crippen molar-refractivity contribution < 1.29 is 17.9 Å². The topological polar surface area (TPSA) is 104 Å². The molecule has 0 spiro atoms. The van der Waals surface area contributed by atoms with E-state index in [2.05, 4.69) is 14.9 Å². The molecule has 1 aromatic rings. The normalized spacial score (nSPS) is 28.0. The van der Waals surface area contributed by atoms with Gasteiger partial charge in [-0.2, -0.15) is 16.9 Å². The van der Waals surface area contributed by atoms with Gasteiger partial charge in [0.25, 0.3) is 0 Å². The van der Waals surface area contributed by atoms with Crippen LogP contribution in [0, 0.1) is 5.92 Å².